The smallest absolute Gasteiger partial charge is 0.248 e. The number of fused-ring (bicyclic) bond motifs is 1. The second-order valence-corrected chi connectivity index (χ2v) is 14.6. The summed E-state index contributed by atoms with van der Waals surface area (Å²) in [6, 6.07) is 11.3. The van der Waals surface area contributed by atoms with Crippen molar-refractivity contribution in [2.75, 3.05) is 39.9 Å². The van der Waals surface area contributed by atoms with Gasteiger partial charge >= 0.3 is 0 Å². The molecular formula is C28H36N4O8S2. The number of piperidine rings is 1. The molecule has 4 N–H and O–H groups in total. The quantitative estimate of drug-likeness (QED) is 0.261. The van der Waals surface area contributed by atoms with Gasteiger partial charge in [-0.25, -0.2) is 21.6 Å². The second-order valence-electron chi connectivity index (χ2n) is 10.8. The van der Waals surface area contributed by atoms with Crippen LogP contribution in [0.4, 0.5) is 0 Å². The number of hydrogen-bond donors (Lipinski definition) is 4. The molecule has 0 bridgehead atoms. The van der Waals surface area contributed by atoms with Crippen molar-refractivity contribution in [2.24, 2.45) is 0 Å². The van der Waals surface area contributed by atoms with E-state index in [0.29, 0.717) is 42.5 Å². The summed E-state index contributed by atoms with van der Waals surface area (Å²) >= 11 is 0. The van der Waals surface area contributed by atoms with Gasteiger partial charge in [-0.15, -0.1) is 0 Å². The monoisotopic (exact) mass is 620 g/mol. The number of rotatable bonds is 10. The second kappa shape index (κ2) is 12.0. The summed E-state index contributed by atoms with van der Waals surface area (Å²) in [5, 5.41) is 24.9. The van der Waals surface area contributed by atoms with Gasteiger partial charge < -0.3 is 25.0 Å². The lowest BCUT2D eigenvalue weighted by atomic mass is 9.88. The summed E-state index contributed by atoms with van der Waals surface area (Å²) < 4.78 is 66.2. The molecule has 12 nitrogen and oxygen atoms in total. The van der Waals surface area contributed by atoms with Crippen LogP contribution in [-0.2, 0) is 24.8 Å². The lowest BCUT2D eigenvalue weighted by Gasteiger charge is -2.38. The van der Waals surface area contributed by atoms with Gasteiger partial charge in [0.15, 0.2) is 0 Å². The highest BCUT2D eigenvalue weighted by Crippen LogP contribution is 2.39. The van der Waals surface area contributed by atoms with Crippen LogP contribution in [0.2, 0.25) is 0 Å². The summed E-state index contributed by atoms with van der Waals surface area (Å²) in [4.78, 5) is 4.14. The molecule has 2 atom stereocenters. The molecule has 2 aliphatic rings. The maximum atomic E-state index is 13.4. The van der Waals surface area contributed by atoms with Crippen molar-refractivity contribution >= 4 is 30.9 Å². The maximum absolute atomic E-state index is 13.4. The Morgan fingerprint density at radius 3 is 2.67 bits per heavy atom. The van der Waals surface area contributed by atoms with Crippen molar-refractivity contribution < 1.29 is 36.5 Å². The van der Waals surface area contributed by atoms with Gasteiger partial charge in [0.2, 0.25) is 20.0 Å². The predicted molar refractivity (Wildman–Crippen MR) is 155 cm³/mol. The molecule has 5 rings (SSSR count). The van der Waals surface area contributed by atoms with Crippen LogP contribution >= 0.6 is 0 Å². The van der Waals surface area contributed by atoms with Crippen molar-refractivity contribution in [1.82, 2.24) is 19.3 Å². The molecule has 0 saturated carbocycles. The molecule has 1 unspecified atom stereocenters. The largest absolute Gasteiger partial charge is 0.506 e. The topological polar surface area (TPSA) is 167 Å². The van der Waals surface area contributed by atoms with Crippen molar-refractivity contribution in [3.63, 3.8) is 0 Å². The third kappa shape index (κ3) is 6.39. The number of sulfonamides is 2. The van der Waals surface area contributed by atoms with Crippen LogP contribution in [0.1, 0.15) is 24.8 Å². The first-order valence-electron chi connectivity index (χ1n) is 13.7. The van der Waals surface area contributed by atoms with Crippen LogP contribution < -0.4 is 14.8 Å². The fraction of sp³-hybridized carbons (Fsp3) is 0.464. The molecule has 0 radical (unpaired) electrons. The van der Waals surface area contributed by atoms with Gasteiger partial charge in [-0.1, -0.05) is 12.1 Å². The lowest BCUT2D eigenvalue weighted by Crippen LogP contribution is -2.47. The molecule has 0 amide bonds. The summed E-state index contributed by atoms with van der Waals surface area (Å²) in [6.45, 7) is 3.04. The Morgan fingerprint density at radius 2 is 1.93 bits per heavy atom. The van der Waals surface area contributed by atoms with Crippen molar-refractivity contribution in [3.05, 3.63) is 54.2 Å². The highest BCUT2D eigenvalue weighted by molar-refractivity contribution is 7.89. The van der Waals surface area contributed by atoms with E-state index in [2.05, 4.69) is 15.0 Å². The Balaban J connectivity index is 1.12. The van der Waals surface area contributed by atoms with E-state index >= 15 is 0 Å². The van der Waals surface area contributed by atoms with E-state index in [9.17, 15) is 27.0 Å². The Kier molecular flexibility index (Phi) is 8.77. The highest BCUT2D eigenvalue weighted by Gasteiger charge is 2.45. The number of benzene rings is 2. The van der Waals surface area contributed by atoms with E-state index in [1.165, 1.54) is 29.7 Å². The van der Waals surface area contributed by atoms with Gasteiger partial charge in [0.05, 0.1) is 28.8 Å². The number of aromatic hydroxyl groups is 1. The molecule has 1 spiro atoms. The number of aliphatic hydroxyl groups is 1. The number of nitrogens with zero attached hydrogens (tertiary/aromatic N) is 2. The predicted octanol–water partition coefficient (Wildman–Crippen LogP) is 1.50. The maximum Gasteiger partial charge on any atom is 0.248 e. The molecule has 2 saturated heterocycles. The Morgan fingerprint density at radius 1 is 1.17 bits per heavy atom. The van der Waals surface area contributed by atoms with E-state index < -0.39 is 31.8 Å². The fourth-order valence-corrected chi connectivity index (χ4v) is 7.71. The lowest BCUT2D eigenvalue weighted by molar-refractivity contribution is -0.0312. The molecule has 228 valence electrons. The molecule has 0 aliphatic carbocycles. The van der Waals surface area contributed by atoms with E-state index in [0.717, 1.165) is 5.56 Å². The van der Waals surface area contributed by atoms with Crippen molar-refractivity contribution in [2.45, 2.75) is 53.7 Å². The van der Waals surface area contributed by atoms with Crippen LogP contribution in [0.5, 0.6) is 11.5 Å². The van der Waals surface area contributed by atoms with E-state index in [1.54, 1.807) is 30.3 Å². The van der Waals surface area contributed by atoms with Gasteiger partial charge in [0.25, 0.3) is 0 Å². The first-order chi connectivity index (χ1) is 19.9. The molecule has 1 aromatic heterocycles. The molecule has 2 aliphatic heterocycles. The number of hydrogen-bond acceptors (Lipinski definition) is 10. The summed E-state index contributed by atoms with van der Waals surface area (Å²) in [5.41, 5.74) is 1.03. The van der Waals surface area contributed by atoms with Crippen LogP contribution in [0.25, 0.3) is 10.9 Å². The molecule has 2 aromatic carbocycles. The number of aryl methyl sites for hydroxylation is 1. The standard InChI is InChI=1S/C28H36N4O8S2/c1-19-6-7-24-25(12-19)31-16-26(27(24)34)42(37,38)32-10-8-28(9-11-32)14-20(17-40-28)30-15-21(33)18-39-22-4-3-5-23(13-22)41(35,36)29-2/h3-7,12-13,16,20-21,29-30,33H,8-11,14-15,17-18H2,1-2H3,(H,31,34)/t20-,21?/m1/s1. The molecule has 2 fully saturated rings. The van der Waals surface area contributed by atoms with E-state index in [-0.39, 0.29) is 47.8 Å². The van der Waals surface area contributed by atoms with Gasteiger partial charge in [-0.3, -0.25) is 4.98 Å². The number of aromatic nitrogens is 1. The van der Waals surface area contributed by atoms with Crippen LogP contribution in [0.15, 0.2) is 58.5 Å². The number of aliphatic hydroxyl groups excluding tert-OH is 1. The molecule has 42 heavy (non-hydrogen) atoms. The van der Waals surface area contributed by atoms with Crippen molar-refractivity contribution in [3.8, 4) is 11.5 Å². The zero-order valence-electron chi connectivity index (χ0n) is 23.5. The van der Waals surface area contributed by atoms with Crippen LogP contribution in [0.3, 0.4) is 0 Å². The first-order valence-corrected chi connectivity index (χ1v) is 16.7. The minimum atomic E-state index is -3.95. The summed E-state index contributed by atoms with van der Waals surface area (Å²) in [7, 11) is -6.22. The zero-order valence-corrected chi connectivity index (χ0v) is 25.1. The Bertz CT molecular complexity index is 1660. The van der Waals surface area contributed by atoms with Gasteiger partial charge in [-0.05, 0) is 63.1 Å². The zero-order chi connectivity index (χ0) is 30.1. The first kappa shape index (κ1) is 30.6. The summed E-state index contributed by atoms with van der Waals surface area (Å²) in [5.74, 6) is 0.0398. The number of nitrogens with one attached hydrogen (secondary N) is 2. The SMILES string of the molecule is CNS(=O)(=O)c1cccc(OCC(O)CN[C@H]2COC3(CCN(S(=O)(=O)c4cnc5cc(C)ccc5c4O)CC3)C2)c1. The molecule has 3 heterocycles. The summed E-state index contributed by atoms with van der Waals surface area (Å²) in [6.07, 6.45) is 2.05. The number of ether oxygens (including phenoxy) is 2. The van der Waals surface area contributed by atoms with Crippen LogP contribution in [-0.4, -0.2) is 94.0 Å². The molecule has 14 heteroatoms. The van der Waals surface area contributed by atoms with E-state index in [4.69, 9.17) is 9.47 Å². The third-order valence-corrected chi connectivity index (χ3v) is 11.2. The Labute approximate surface area is 245 Å². The number of pyridine rings is 1. The molecule has 3 aromatic rings. The molecular weight excluding hydrogens is 584 g/mol. The highest BCUT2D eigenvalue weighted by atomic mass is 32.2. The minimum absolute atomic E-state index is 0.0240. The van der Waals surface area contributed by atoms with Gasteiger partial charge in [0, 0.05) is 37.1 Å². The van der Waals surface area contributed by atoms with E-state index in [1.807, 2.05) is 6.92 Å². The van der Waals surface area contributed by atoms with Crippen molar-refractivity contribution in [1.29, 1.82) is 0 Å². The fourth-order valence-electron chi connectivity index (χ4n) is 5.46. The normalized spacial score (nSPS) is 20.2. The van der Waals surface area contributed by atoms with Gasteiger partial charge in [-0.2, -0.15) is 4.31 Å². The third-order valence-electron chi connectivity index (χ3n) is 7.89. The Hall–Kier alpha value is -2.85. The van der Waals surface area contributed by atoms with Crippen LogP contribution in [0, 0.1) is 6.92 Å². The van der Waals surface area contributed by atoms with Gasteiger partial charge in [0.1, 0.15) is 29.1 Å². The average molecular weight is 621 g/mol. The average Bonchev–Trinajstić information content (AvgIpc) is 3.37. The minimum Gasteiger partial charge on any atom is -0.506 e.